The van der Waals surface area contributed by atoms with Crippen LogP contribution in [0, 0.1) is 0 Å². The maximum atomic E-state index is 12.1. The third-order valence-corrected chi connectivity index (χ3v) is 4.11. The van der Waals surface area contributed by atoms with Crippen molar-refractivity contribution >= 4 is 28.8 Å². The molecular weight excluding hydrogens is 282 g/mol. The molecule has 3 rings (SSSR count). The molecule has 1 aliphatic rings. The summed E-state index contributed by atoms with van der Waals surface area (Å²) in [4.78, 5) is 15.0. The summed E-state index contributed by atoms with van der Waals surface area (Å²) in [6.45, 7) is 1.23. The van der Waals surface area contributed by atoms with Crippen LogP contribution < -0.4 is 4.74 Å². The molecule has 0 unspecified atom stereocenters. The second-order valence-electron chi connectivity index (χ2n) is 4.37. The fraction of sp³-hybridized carbons (Fsp3) is 0.214. The molecule has 0 bridgehead atoms. The smallest absolute Gasteiger partial charge is 0.261 e. The van der Waals surface area contributed by atoms with Crippen LogP contribution in [0.4, 0.5) is 0 Å². The molecule has 0 atom stereocenters. The molecule has 2 heterocycles. The topological polar surface area (TPSA) is 29.5 Å². The van der Waals surface area contributed by atoms with Crippen LogP contribution in [-0.4, -0.2) is 17.4 Å². The van der Waals surface area contributed by atoms with Gasteiger partial charge in [-0.3, -0.25) is 4.79 Å². The number of halogens is 1. The van der Waals surface area contributed by atoms with Crippen LogP contribution in [0.5, 0.6) is 5.75 Å². The molecule has 2 aromatic rings. The van der Waals surface area contributed by atoms with Crippen molar-refractivity contribution in [3.63, 3.8) is 0 Å². The first-order valence-corrected chi connectivity index (χ1v) is 7.19. The highest BCUT2D eigenvalue weighted by Gasteiger charge is 2.22. The van der Waals surface area contributed by atoms with Crippen molar-refractivity contribution in [1.29, 1.82) is 0 Å². The lowest BCUT2D eigenvalue weighted by Gasteiger charge is -2.19. The Kier molecular flexibility index (Phi) is 3.44. The third-order valence-electron chi connectivity index (χ3n) is 3.01. The van der Waals surface area contributed by atoms with E-state index < -0.39 is 0 Å². The lowest BCUT2D eigenvalue weighted by Crippen LogP contribution is -2.31. The first kappa shape index (κ1) is 12.5. The molecule has 0 saturated heterocycles. The summed E-state index contributed by atoms with van der Waals surface area (Å²) in [6.07, 6.45) is 0. The number of nitrogens with zero attached hydrogens (tertiary/aromatic N) is 1. The number of carbonyl (C=O) groups is 1. The molecule has 0 N–H and O–H groups in total. The predicted molar refractivity (Wildman–Crippen MR) is 75.5 cm³/mol. The Balaban J connectivity index is 1.86. The van der Waals surface area contributed by atoms with Crippen molar-refractivity contribution in [2.24, 2.45) is 0 Å². The third kappa shape index (κ3) is 2.74. The number of ether oxygens (including phenoxy) is 1. The van der Waals surface area contributed by atoms with E-state index in [0.29, 0.717) is 18.1 Å². The molecule has 1 amide bonds. The minimum atomic E-state index is 0.000669. The number of hydrogen-bond donors (Lipinski definition) is 0. The van der Waals surface area contributed by atoms with Crippen LogP contribution in [0.15, 0.2) is 35.7 Å². The highest BCUT2D eigenvalue weighted by molar-refractivity contribution is 7.09. The van der Waals surface area contributed by atoms with Gasteiger partial charge in [0.1, 0.15) is 5.75 Å². The zero-order valence-electron chi connectivity index (χ0n) is 10.1. The lowest BCUT2D eigenvalue weighted by molar-refractivity contribution is -0.133. The van der Waals surface area contributed by atoms with Crippen molar-refractivity contribution < 1.29 is 9.53 Å². The van der Waals surface area contributed by atoms with E-state index in [4.69, 9.17) is 16.3 Å². The van der Waals surface area contributed by atoms with Gasteiger partial charge in [0.05, 0.1) is 6.54 Å². The second-order valence-corrected chi connectivity index (χ2v) is 5.84. The van der Waals surface area contributed by atoms with Gasteiger partial charge in [0.2, 0.25) is 0 Å². The van der Waals surface area contributed by atoms with E-state index in [1.165, 1.54) is 4.88 Å². The Morgan fingerprint density at radius 1 is 1.37 bits per heavy atom. The van der Waals surface area contributed by atoms with E-state index in [1.807, 2.05) is 29.6 Å². The van der Waals surface area contributed by atoms with Gasteiger partial charge in [0, 0.05) is 22.0 Å². The number of thiophene rings is 1. The summed E-state index contributed by atoms with van der Waals surface area (Å²) < 4.78 is 5.52. The van der Waals surface area contributed by atoms with E-state index in [2.05, 4.69) is 0 Å². The molecule has 19 heavy (non-hydrogen) atoms. The van der Waals surface area contributed by atoms with Crippen LogP contribution in [0.1, 0.15) is 10.4 Å². The van der Waals surface area contributed by atoms with Gasteiger partial charge in [-0.25, -0.2) is 0 Å². The van der Waals surface area contributed by atoms with Gasteiger partial charge in [0.25, 0.3) is 5.91 Å². The number of amides is 1. The Morgan fingerprint density at radius 3 is 3.05 bits per heavy atom. The summed E-state index contributed by atoms with van der Waals surface area (Å²) in [5, 5.41) is 2.67. The lowest BCUT2D eigenvalue weighted by atomic mass is 10.2. The van der Waals surface area contributed by atoms with E-state index in [1.54, 1.807) is 22.3 Å². The number of hydrogen-bond acceptors (Lipinski definition) is 3. The molecule has 0 saturated carbocycles. The Labute approximate surface area is 120 Å². The van der Waals surface area contributed by atoms with Gasteiger partial charge in [0.15, 0.2) is 6.61 Å². The first-order chi connectivity index (χ1) is 9.22. The molecule has 1 aliphatic heterocycles. The van der Waals surface area contributed by atoms with Gasteiger partial charge < -0.3 is 9.64 Å². The molecule has 0 aliphatic carbocycles. The fourth-order valence-electron chi connectivity index (χ4n) is 2.07. The van der Waals surface area contributed by atoms with Crippen LogP contribution in [0.2, 0.25) is 5.02 Å². The molecule has 0 radical (unpaired) electrons. The van der Waals surface area contributed by atoms with Gasteiger partial charge in [-0.2, -0.15) is 0 Å². The van der Waals surface area contributed by atoms with Gasteiger partial charge in [-0.15, -0.1) is 11.3 Å². The SMILES string of the molecule is O=C1COc2ccc(Cl)cc2CN1Cc1cccs1. The van der Waals surface area contributed by atoms with Crippen LogP contribution in [0.3, 0.4) is 0 Å². The summed E-state index contributed by atoms with van der Waals surface area (Å²) in [5.74, 6) is 0.743. The monoisotopic (exact) mass is 293 g/mol. The largest absolute Gasteiger partial charge is 0.483 e. The number of rotatable bonds is 2. The van der Waals surface area contributed by atoms with Crippen LogP contribution >= 0.6 is 22.9 Å². The molecule has 98 valence electrons. The van der Waals surface area contributed by atoms with Crippen molar-refractivity contribution in [1.82, 2.24) is 4.90 Å². The number of fused-ring (bicyclic) bond motifs is 1. The average Bonchev–Trinajstić information content (AvgIpc) is 2.84. The first-order valence-electron chi connectivity index (χ1n) is 5.94. The van der Waals surface area contributed by atoms with Crippen molar-refractivity contribution in [2.45, 2.75) is 13.1 Å². The maximum Gasteiger partial charge on any atom is 0.261 e. The average molecular weight is 294 g/mol. The predicted octanol–water partition coefficient (Wildman–Crippen LogP) is 3.32. The van der Waals surface area contributed by atoms with Crippen molar-refractivity contribution in [3.8, 4) is 5.75 Å². The number of carbonyl (C=O) groups excluding carboxylic acids is 1. The highest BCUT2D eigenvalue weighted by Crippen LogP contribution is 2.27. The Morgan fingerprint density at radius 2 is 2.26 bits per heavy atom. The van der Waals surface area contributed by atoms with Crippen molar-refractivity contribution in [2.75, 3.05) is 6.61 Å². The van der Waals surface area contributed by atoms with E-state index in [0.717, 1.165) is 11.3 Å². The van der Waals surface area contributed by atoms with Gasteiger partial charge >= 0.3 is 0 Å². The normalized spacial score (nSPS) is 14.8. The molecule has 0 fully saturated rings. The molecule has 3 nitrogen and oxygen atoms in total. The van der Waals surface area contributed by atoms with E-state index in [-0.39, 0.29) is 12.5 Å². The molecular formula is C14H12ClNO2S. The maximum absolute atomic E-state index is 12.1. The summed E-state index contributed by atoms with van der Waals surface area (Å²) in [5.41, 5.74) is 0.954. The zero-order valence-corrected chi connectivity index (χ0v) is 11.7. The standard InChI is InChI=1S/C14H12ClNO2S/c15-11-3-4-13-10(6-11)7-16(14(17)9-18-13)8-12-2-1-5-19-12/h1-6H,7-9H2. The summed E-state index contributed by atoms with van der Waals surface area (Å²) in [7, 11) is 0. The Hall–Kier alpha value is -1.52. The van der Waals surface area contributed by atoms with Crippen LogP contribution in [0.25, 0.3) is 0 Å². The molecule has 1 aromatic heterocycles. The van der Waals surface area contributed by atoms with Crippen molar-refractivity contribution in [3.05, 3.63) is 51.2 Å². The number of benzene rings is 1. The second kappa shape index (κ2) is 5.23. The minimum absolute atomic E-state index is 0.000669. The van der Waals surface area contributed by atoms with E-state index >= 15 is 0 Å². The fourth-order valence-corrected chi connectivity index (χ4v) is 2.99. The van der Waals surface area contributed by atoms with E-state index in [9.17, 15) is 4.79 Å². The highest BCUT2D eigenvalue weighted by atomic mass is 35.5. The van der Waals surface area contributed by atoms with Gasteiger partial charge in [-0.05, 0) is 29.6 Å². The quantitative estimate of drug-likeness (QED) is 0.850. The Bertz CT molecular complexity index is 597. The van der Waals surface area contributed by atoms with Gasteiger partial charge in [-0.1, -0.05) is 17.7 Å². The molecule has 5 heteroatoms. The molecule has 0 spiro atoms. The molecule has 1 aromatic carbocycles. The minimum Gasteiger partial charge on any atom is -0.483 e. The summed E-state index contributed by atoms with van der Waals surface area (Å²) in [6, 6.07) is 9.47. The zero-order chi connectivity index (χ0) is 13.2. The summed E-state index contributed by atoms with van der Waals surface area (Å²) >= 11 is 7.65. The van der Waals surface area contributed by atoms with Crippen LogP contribution in [-0.2, 0) is 17.9 Å².